The average molecular weight is 463 g/mol. The van der Waals surface area contributed by atoms with Crippen molar-refractivity contribution in [3.8, 4) is 5.75 Å². The molecule has 0 unspecified atom stereocenters. The van der Waals surface area contributed by atoms with Gasteiger partial charge in [0, 0.05) is 17.2 Å². The topological polar surface area (TPSA) is 123 Å². The molecule has 9 nitrogen and oxygen atoms in total. The first kappa shape index (κ1) is 24.4. The molecule has 3 aromatic carbocycles. The lowest BCUT2D eigenvalue weighted by Crippen LogP contribution is -2.49. The Balaban J connectivity index is 1.56. The summed E-state index contributed by atoms with van der Waals surface area (Å²) in [5.41, 5.74) is 3.34. The molecule has 0 aromatic heterocycles. The summed E-state index contributed by atoms with van der Waals surface area (Å²) in [5.74, 6) is -0.608. The first-order valence-electron chi connectivity index (χ1n) is 10.7. The van der Waals surface area contributed by atoms with Gasteiger partial charge in [-0.25, -0.2) is 5.43 Å². The molecule has 0 bridgehead atoms. The minimum Gasteiger partial charge on any atom is -0.484 e. The van der Waals surface area contributed by atoms with Gasteiger partial charge in [-0.2, -0.15) is 5.10 Å². The second-order valence-electron chi connectivity index (χ2n) is 8.12. The Kier molecular flexibility index (Phi) is 7.92. The Morgan fingerprint density at radius 3 is 2.53 bits per heavy atom. The van der Waals surface area contributed by atoms with Gasteiger partial charge in [0.05, 0.1) is 11.1 Å². The van der Waals surface area contributed by atoms with E-state index in [-0.39, 0.29) is 18.2 Å². The summed E-state index contributed by atoms with van der Waals surface area (Å²) in [4.78, 5) is 35.6. The van der Waals surface area contributed by atoms with Crippen LogP contribution in [-0.2, 0) is 9.59 Å². The number of aryl methyl sites for hydroxylation is 1. The van der Waals surface area contributed by atoms with E-state index in [1.165, 1.54) is 12.3 Å². The zero-order valence-corrected chi connectivity index (χ0v) is 19.1. The number of fused-ring (bicyclic) bond motifs is 1. The van der Waals surface area contributed by atoms with E-state index in [9.17, 15) is 19.7 Å². The number of nitro groups is 1. The van der Waals surface area contributed by atoms with Crippen LogP contribution in [0.4, 0.5) is 5.69 Å². The molecule has 0 saturated heterocycles. The van der Waals surface area contributed by atoms with Crippen molar-refractivity contribution in [2.45, 2.75) is 26.8 Å². The van der Waals surface area contributed by atoms with Crippen molar-refractivity contribution in [1.29, 1.82) is 0 Å². The molecule has 2 N–H and O–H groups in total. The standard InChI is InChI=1S/C25H26N4O5/c1-16(2)24(25(31)28-26-14-18-9-8-17(3)22(12-18)29(32)33)27-23(30)15-34-21-11-10-19-6-4-5-7-20(19)13-21/h4-14,16,24H,15H2,1-3H3,(H,27,30)(H,28,31)/t24-/m0/s1. The Morgan fingerprint density at radius 2 is 1.82 bits per heavy atom. The van der Waals surface area contributed by atoms with Crippen molar-refractivity contribution >= 4 is 34.5 Å². The highest BCUT2D eigenvalue weighted by atomic mass is 16.6. The minimum atomic E-state index is -0.836. The third-order valence-corrected chi connectivity index (χ3v) is 5.17. The van der Waals surface area contributed by atoms with Gasteiger partial charge in [-0.15, -0.1) is 0 Å². The number of amides is 2. The predicted molar refractivity (Wildman–Crippen MR) is 130 cm³/mol. The summed E-state index contributed by atoms with van der Waals surface area (Å²) in [7, 11) is 0. The highest BCUT2D eigenvalue weighted by Crippen LogP contribution is 2.20. The van der Waals surface area contributed by atoms with Crippen LogP contribution in [0.15, 0.2) is 65.8 Å². The van der Waals surface area contributed by atoms with E-state index in [0.29, 0.717) is 16.9 Å². The molecule has 1 atom stereocenters. The Bertz CT molecular complexity index is 1240. The van der Waals surface area contributed by atoms with Gasteiger partial charge in [0.2, 0.25) is 0 Å². The molecule has 2 amide bonds. The van der Waals surface area contributed by atoms with Gasteiger partial charge in [0.1, 0.15) is 11.8 Å². The highest BCUT2D eigenvalue weighted by molar-refractivity contribution is 5.89. The lowest BCUT2D eigenvalue weighted by molar-refractivity contribution is -0.385. The van der Waals surface area contributed by atoms with E-state index in [2.05, 4.69) is 15.8 Å². The van der Waals surface area contributed by atoms with Gasteiger partial charge in [-0.05, 0) is 35.7 Å². The van der Waals surface area contributed by atoms with Gasteiger partial charge >= 0.3 is 0 Å². The number of hydrogen-bond acceptors (Lipinski definition) is 6. The van der Waals surface area contributed by atoms with Crippen molar-refractivity contribution in [1.82, 2.24) is 10.7 Å². The molecular formula is C25H26N4O5. The number of hydrogen-bond donors (Lipinski definition) is 2. The summed E-state index contributed by atoms with van der Waals surface area (Å²) < 4.78 is 5.59. The van der Waals surface area contributed by atoms with E-state index in [4.69, 9.17) is 4.74 Å². The molecule has 0 aliphatic carbocycles. The third-order valence-electron chi connectivity index (χ3n) is 5.17. The van der Waals surface area contributed by atoms with Gasteiger partial charge in [0.15, 0.2) is 6.61 Å². The normalized spacial score (nSPS) is 12.0. The summed E-state index contributed by atoms with van der Waals surface area (Å²) >= 11 is 0. The molecule has 34 heavy (non-hydrogen) atoms. The quantitative estimate of drug-likeness (QED) is 0.285. The largest absolute Gasteiger partial charge is 0.484 e. The molecule has 0 spiro atoms. The van der Waals surface area contributed by atoms with Crippen LogP contribution in [-0.4, -0.2) is 35.6 Å². The van der Waals surface area contributed by atoms with Crippen molar-refractivity contribution in [2.75, 3.05) is 6.61 Å². The maximum absolute atomic E-state index is 12.6. The first-order chi connectivity index (χ1) is 16.2. The maximum atomic E-state index is 12.6. The van der Waals surface area contributed by atoms with Gasteiger partial charge in [-0.3, -0.25) is 19.7 Å². The zero-order chi connectivity index (χ0) is 24.7. The molecule has 0 saturated carbocycles. The lowest BCUT2D eigenvalue weighted by Gasteiger charge is -2.20. The van der Waals surface area contributed by atoms with Gasteiger partial charge < -0.3 is 10.1 Å². The van der Waals surface area contributed by atoms with Crippen LogP contribution in [0.3, 0.4) is 0 Å². The highest BCUT2D eigenvalue weighted by Gasteiger charge is 2.24. The van der Waals surface area contributed by atoms with Crippen molar-refractivity contribution in [3.05, 3.63) is 81.9 Å². The van der Waals surface area contributed by atoms with E-state index >= 15 is 0 Å². The number of ether oxygens (including phenoxy) is 1. The van der Waals surface area contributed by atoms with Crippen LogP contribution in [0.5, 0.6) is 5.75 Å². The molecular weight excluding hydrogens is 436 g/mol. The monoisotopic (exact) mass is 462 g/mol. The Morgan fingerprint density at radius 1 is 1.09 bits per heavy atom. The summed E-state index contributed by atoms with van der Waals surface area (Å²) in [6, 6.07) is 17.2. The lowest BCUT2D eigenvalue weighted by atomic mass is 10.0. The molecule has 0 radical (unpaired) electrons. The number of carbonyl (C=O) groups is 2. The van der Waals surface area contributed by atoms with Crippen LogP contribution in [0.2, 0.25) is 0 Å². The SMILES string of the molecule is Cc1ccc(C=NNC(=O)[C@@H](NC(=O)COc2ccc3ccccc3c2)C(C)C)cc1[N+](=O)[O-]. The molecule has 0 aliphatic rings. The van der Waals surface area contributed by atoms with E-state index in [0.717, 1.165) is 10.8 Å². The van der Waals surface area contributed by atoms with Crippen LogP contribution < -0.4 is 15.5 Å². The van der Waals surface area contributed by atoms with Crippen LogP contribution in [0.1, 0.15) is 25.0 Å². The van der Waals surface area contributed by atoms with E-state index < -0.39 is 22.8 Å². The fraction of sp³-hybridized carbons (Fsp3) is 0.240. The zero-order valence-electron chi connectivity index (χ0n) is 19.1. The summed E-state index contributed by atoms with van der Waals surface area (Å²) in [6.45, 7) is 4.98. The molecule has 0 aliphatic heterocycles. The van der Waals surface area contributed by atoms with Crippen molar-refractivity contribution in [3.63, 3.8) is 0 Å². The number of benzene rings is 3. The first-order valence-corrected chi connectivity index (χ1v) is 10.7. The number of rotatable bonds is 9. The summed E-state index contributed by atoms with van der Waals surface area (Å²) in [5, 5.41) is 19.7. The maximum Gasteiger partial charge on any atom is 0.272 e. The summed E-state index contributed by atoms with van der Waals surface area (Å²) in [6.07, 6.45) is 1.31. The molecule has 9 heteroatoms. The fourth-order valence-electron chi connectivity index (χ4n) is 3.30. The second kappa shape index (κ2) is 11.0. The van der Waals surface area contributed by atoms with Gasteiger partial charge in [0.25, 0.3) is 17.5 Å². The van der Waals surface area contributed by atoms with Crippen LogP contribution in [0.25, 0.3) is 10.8 Å². The number of nitro benzene ring substituents is 1. The molecule has 3 aromatic rings. The second-order valence-corrected chi connectivity index (χ2v) is 8.12. The van der Waals surface area contributed by atoms with Crippen molar-refractivity contribution < 1.29 is 19.2 Å². The van der Waals surface area contributed by atoms with Gasteiger partial charge in [-0.1, -0.05) is 56.3 Å². The Hall–Kier alpha value is -4.27. The van der Waals surface area contributed by atoms with Crippen LogP contribution >= 0.6 is 0 Å². The number of hydrazone groups is 1. The molecule has 0 heterocycles. The Labute approximate surface area is 197 Å². The number of carbonyl (C=O) groups excluding carboxylic acids is 2. The van der Waals surface area contributed by atoms with E-state index in [1.54, 1.807) is 39.0 Å². The fourth-order valence-corrected chi connectivity index (χ4v) is 3.30. The third kappa shape index (κ3) is 6.38. The van der Waals surface area contributed by atoms with Crippen LogP contribution in [0, 0.1) is 23.0 Å². The molecule has 176 valence electrons. The smallest absolute Gasteiger partial charge is 0.272 e. The van der Waals surface area contributed by atoms with E-state index in [1.807, 2.05) is 36.4 Å². The number of nitrogens with one attached hydrogen (secondary N) is 2. The minimum absolute atomic E-state index is 0.0333. The van der Waals surface area contributed by atoms with Crippen molar-refractivity contribution in [2.24, 2.45) is 11.0 Å². The average Bonchev–Trinajstić information content (AvgIpc) is 2.81. The number of nitrogens with zero attached hydrogens (tertiary/aromatic N) is 2. The predicted octanol–water partition coefficient (Wildman–Crippen LogP) is 3.73. The molecule has 3 rings (SSSR count). The molecule has 0 fully saturated rings.